The van der Waals surface area contributed by atoms with Crippen LogP contribution in [0.25, 0.3) is 0 Å². The topological polar surface area (TPSA) is 107 Å². The number of halogens is 2. The van der Waals surface area contributed by atoms with Gasteiger partial charge in [-0.1, -0.05) is 54.1 Å². The summed E-state index contributed by atoms with van der Waals surface area (Å²) in [5.41, 5.74) is 1.17. The van der Waals surface area contributed by atoms with Crippen LogP contribution in [-0.2, 0) is 0 Å². The summed E-state index contributed by atoms with van der Waals surface area (Å²) in [5.74, 6) is -0.793. The zero-order chi connectivity index (χ0) is 20.1. The molecule has 0 saturated heterocycles. The summed E-state index contributed by atoms with van der Waals surface area (Å²) in [6, 6.07) is 15.1. The fourth-order valence-corrected chi connectivity index (χ4v) is 3.21. The average Bonchev–Trinajstić information content (AvgIpc) is 3.07. The molecule has 1 unspecified atom stereocenters. The van der Waals surface area contributed by atoms with Crippen LogP contribution in [0.5, 0.6) is 0 Å². The molecule has 2 amide bonds. The van der Waals surface area contributed by atoms with Crippen LogP contribution < -0.4 is 10.6 Å². The van der Waals surface area contributed by atoms with E-state index in [0.717, 1.165) is 5.56 Å². The molecule has 0 bridgehead atoms. The van der Waals surface area contributed by atoms with Gasteiger partial charge < -0.3 is 15.7 Å². The van der Waals surface area contributed by atoms with Crippen LogP contribution in [0.15, 0.2) is 59.1 Å². The summed E-state index contributed by atoms with van der Waals surface area (Å²) in [4.78, 5) is 24.9. The van der Waals surface area contributed by atoms with Gasteiger partial charge in [0.1, 0.15) is 5.69 Å². The number of anilines is 1. The van der Waals surface area contributed by atoms with Gasteiger partial charge in [-0.3, -0.25) is 14.7 Å². The van der Waals surface area contributed by atoms with Crippen LogP contribution in [0, 0.1) is 0 Å². The van der Waals surface area contributed by atoms with Gasteiger partial charge in [0, 0.05) is 0 Å². The van der Waals surface area contributed by atoms with Crippen molar-refractivity contribution in [1.82, 2.24) is 15.5 Å². The molecule has 0 fully saturated rings. The Morgan fingerprint density at radius 1 is 1.11 bits per heavy atom. The summed E-state index contributed by atoms with van der Waals surface area (Å²) in [6.07, 6.45) is 0. The molecule has 9 heteroatoms. The first-order valence-electron chi connectivity index (χ1n) is 8.27. The third-order valence-corrected chi connectivity index (χ3v) is 5.08. The third kappa shape index (κ3) is 4.41. The van der Waals surface area contributed by atoms with Crippen molar-refractivity contribution in [3.8, 4) is 0 Å². The van der Waals surface area contributed by atoms with E-state index in [4.69, 9.17) is 11.6 Å². The summed E-state index contributed by atoms with van der Waals surface area (Å²) in [7, 11) is 0. The number of hydrogen-bond donors (Lipinski definition) is 4. The lowest BCUT2D eigenvalue weighted by Gasteiger charge is -2.16. The van der Waals surface area contributed by atoms with E-state index in [0.29, 0.717) is 5.02 Å². The maximum atomic E-state index is 12.6. The number of carbonyl (C=O) groups is 2. The highest BCUT2D eigenvalue weighted by Crippen LogP contribution is 2.26. The van der Waals surface area contributed by atoms with Crippen molar-refractivity contribution in [3.63, 3.8) is 0 Å². The Balaban J connectivity index is 1.74. The molecule has 1 heterocycles. The molecular formula is C19H16BrClN4O3. The van der Waals surface area contributed by atoms with Crippen LogP contribution in [-0.4, -0.2) is 33.7 Å². The lowest BCUT2D eigenvalue weighted by molar-refractivity contribution is 0.0909. The second kappa shape index (κ2) is 9.01. The molecule has 0 saturated carbocycles. The number of amides is 2. The number of aliphatic hydroxyl groups is 1. The third-order valence-electron chi connectivity index (χ3n) is 3.97. The quantitative estimate of drug-likeness (QED) is 0.448. The Morgan fingerprint density at radius 2 is 1.79 bits per heavy atom. The van der Waals surface area contributed by atoms with Crippen LogP contribution in [0.3, 0.4) is 0 Å². The molecule has 0 spiro atoms. The lowest BCUT2D eigenvalue weighted by atomic mass is 10.1. The summed E-state index contributed by atoms with van der Waals surface area (Å²) in [5, 5.41) is 21.8. The number of carbonyl (C=O) groups excluding carboxylic acids is 2. The molecule has 2 aromatic carbocycles. The number of aromatic amines is 1. The minimum absolute atomic E-state index is 0.115. The molecule has 3 aromatic rings. The largest absolute Gasteiger partial charge is 0.394 e. The number of aromatic nitrogens is 2. The smallest absolute Gasteiger partial charge is 0.271 e. The molecule has 0 aliphatic heterocycles. The minimum atomic E-state index is -0.579. The number of rotatable bonds is 6. The molecule has 0 aliphatic rings. The first kappa shape index (κ1) is 20.1. The standard InChI is InChI=1S/C19H16BrClN4O3/c20-15-16(19(28)22-14(10-26)11-6-2-1-3-7-11)24-25-17(15)23-18(27)12-8-4-5-9-13(12)21/h1-9,14,26H,10H2,(H,22,28)(H2,23,24,25,27). The normalized spacial score (nSPS) is 11.7. The van der Waals surface area contributed by atoms with Gasteiger partial charge in [0.2, 0.25) is 0 Å². The van der Waals surface area contributed by atoms with Crippen molar-refractivity contribution < 1.29 is 14.7 Å². The molecule has 0 radical (unpaired) electrons. The average molecular weight is 464 g/mol. The lowest BCUT2D eigenvalue weighted by Crippen LogP contribution is -2.31. The first-order valence-corrected chi connectivity index (χ1v) is 9.44. The Kier molecular flexibility index (Phi) is 6.45. The zero-order valence-electron chi connectivity index (χ0n) is 14.4. The molecule has 3 rings (SSSR count). The summed E-state index contributed by atoms with van der Waals surface area (Å²) in [6.45, 7) is -0.266. The zero-order valence-corrected chi connectivity index (χ0v) is 16.8. The van der Waals surface area contributed by atoms with Crippen molar-refractivity contribution in [2.45, 2.75) is 6.04 Å². The molecular weight excluding hydrogens is 448 g/mol. The first-order chi connectivity index (χ1) is 13.5. The van der Waals surface area contributed by atoms with Gasteiger partial charge in [0.25, 0.3) is 11.8 Å². The highest BCUT2D eigenvalue weighted by molar-refractivity contribution is 9.10. The Labute approximate surface area is 174 Å². The predicted octanol–water partition coefficient (Wildman–Crippen LogP) is 3.54. The number of benzene rings is 2. The van der Waals surface area contributed by atoms with E-state index in [9.17, 15) is 14.7 Å². The van der Waals surface area contributed by atoms with Gasteiger partial charge in [-0.25, -0.2) is 0 Å². The minimum Gasteiger partial charge on any atom is -0.394 e. The summed E-state index contributed by atoms with van der Waals surface area (Å²) < 4.78 is 0.287. The summed E-state index contributed by atoms with van der Waals surface area (Å²) >= 11 is 9.30. The van der Waals surface area contributed by atoms with Gasteiger partial charge in [-0.2, -0.15) is 5.10 Å². The number of H-pyrrole nitrogens is 1. The number of nitrogens with zero attached hydrogens (tertiary/aromatic N) is 1. The molecule has 0 aliphatic carbocycles. The maximum Gasteiger partial charge on any atom is 0.271 e. The molecule has 1 aromatic heterocycles. The van der Waals surface area contributed by atoms with E-state index in [1.807, 2.05) is 18.2 Å². The monoisotopic (exact) mass is 462 g/mol. The van der Waals surface area contributed by atoms with Gasteiger partial charge in [0.15, 0.2) is 5.82 Å². The number of aliphatic hydroxyl groups excluding tert-OH is 1. The van der Waals surface area contributed by atoms with Crippen LogP contribution >= 0.6 is 27.5 Å². The van der Waals surface area contributed by atoms with Crippen LogP contribution in [0.4, 0.5) is 5.82 Å². The molecule has 4 N–H and O–H groups in total. The highest BCUT2D eigenvalue weighted by atomic mass is 79.9. The fraction of sp³-hybridized carbons (Fsp3) is 0.105. The fourth-order valence-electron chi connectivity index (χ4n) is 2.53. The maximum absolute atomic E-state index is 12.6. The molecule has 7 nitrogen and oxygen atoms in total. The van der Waals surface area contributed by atoms with Crippen molar-refractivity contribution in [2.75, 3.05) is 11.9 Å². The number of nitrogens with one attached hydrogen (secondary N) is 3. The predicted molar refractivity (Wildman–Crippen MR) is 109 cm³/mol. The Bertz CT molecular complexity index is 994. The van der Waals surface area contributed by atoms with Gasteiger partial charge in [-0.05, 0) is 33.6 Å². The Morgan fingerprint density at radius 3 is 2.46 bits per heavy atom. The van der Waals surface area contributed by atoms with Gasteiger partial charge in [-0.15, -0.1) is 0 Å². The molecule has 28 heavy (non-hydrogen) atoms. The van der Waals surface area contributed by atoms with E-state index in [1.54, 1.807) is 36.4 Å². The van der Waals surface area contributed by atoms with Crippen molar-refractivity contribution in [3.05, 3.63) is 80.9 Å². The second-order valence-electron chi connectivity index (χ2n) is 5.81. The van der Waals surface area contributed by atoms with Gasteiger partial charge in [0.05, 0.1) is 27.7 Å². The SMILES string of the molecule is O=C(Nc1n[nH]c(C(=O)NC(CO)c2ccccc2)c1Br)c1ccccc1Cl. The van der Waals surface area contributed by atoms with Gasteiger partial charge >= 0.3 is 0 Å². The highest BCUT2D eigenvalue weighted by Gasteiger charge is 2.22. The number of hydrogen-bond acceptors (Lipinski definition) is 4. The second-order valence-corrected chi connectivity index (χ2v) is 7.01. The van der Waals surface area contributed by atoms with Crippen LogP contribution in [0.1, 0.15) is 32.5 Å². The van der Waals surface area contributed by atoms with E-state index in [2.05, 4.69) is 36.8 Å². The van der Waals surface area contributed by atoms with Crippen molar-refractivity contribution >= 4 is 45.2 Å². The van der Waals surface area contributed by atoms with Crippen LogP contribution in [0.2, 0.25) is 5.02 Å². The Hall–Kier alpha value is -2.68. The van der Waals surface area contributed by atoms with E-state index in [1.165, 1.54) is 0 Å². The molecule has 1 atom stereocenters. The van der Waals surface area contributed by atoms with Crippen molar-refractivity contribution in [1.29, 1.82) is 0 Å². The van der Waals surface area contributed by atoms with E-state index < -0.39 is 17.9 Å². The van der Waals surface area contributed by atoms with E-state index in [-0.39, 0.29) is 28.2 Å². The molecule has 144 valence electrons. The van der Waals surface area contributed by atoms with Crippen molar-refractivity contribution in [2.24, 2.45) is 0 Å². The van der Waals surface area contributed by atoms with E-state index >= 15 is 0 Å².